The number of carbonyl (C=O) groups is 2. The van der Waals surface area contributed by atoms with Crippen molar-refractivity contribution in [1.29, 1.82) is 0 Å². The van der Waals surface area contributed by atoms with Crippen molar-refractivity contribution in [3.05, 3.63) is 91.6 Å². The predicted molar refractivity (Wildman–Crippen MR) is 200 cm³/mol. The second-order valence-corrected chi connectivity index (χ2v) is 16.2. The number of amides is 1. The summed E-state index contributed by atoms with van der Waals surface area (Å²) in [6, 6.07) is 5.74. The summed E-state index contributed by atoms with van der Waals surface area (Å²) in [4.78, 5) is 44.8. The maximum absolute atomic E-state index is 14.4. The van der Waals surface area contributed by atoms with Gasteiger partial charge in [-0.15, -0.1) is 0 Å². The topological polar surface area (TPSA) is 94.9 Å². The largest absolute Gasteiger partial charge is 0.481 e. The lowest BCUT2D eigenvalue weighted by atomic mass is 9.87. The van der Waals surface area contributed by atoms with Crippen molar-refractivity contribution in [3.8, 4) is 11.1 Å². The van der Waals surface area contributed by atoms with Gasteiger partial charge in [0.25, 0.3) is 5.56 Å². The van der Waals surface area contributed by atoms with Crippen LogP contribution in [0.4, 0.5) is 17.6 Å². The molecule has 4 aliphatic rings. The highest BCUT2D eigenvalue weighted by Crippen LogP contribution is 2.40. The number of aryl methyl sites for hydroxylation is 3. The number of fused-ring (bicyclic) bond motifs is 5. The Balaban J connectivity index is 1.35. The maximum Gasteiger partial charge on any atom is 0.416 e. The number of carboxylic acid groups (broad SMARTS) is 1. The van der Waals surface area contributed by atoms with E-state index in [1.54, 1.807) is 0 Å². The van der Waals surface area contributed by atoms with Crippen LogP contribution in [0.1, 0.15) is 103 Å². The van der Waals surface area contributed by atoms with E-state index in [1.165, 1.54) is 18.3 Å². The van der Waals surface area contributed by atoms with Crippen molar-refractivity contribution in [2.75, 3.05) is 26.7 Å². The van der Waals surface area contributed by atoms with Crippen molar-refractivity contribution < 1.29 is 32.3 Å². The first-order chi connectivity index (χ1) is 25.5. The van der Waals surface area contributed by atoms with Crippen LogP contribution in [0.25, 0.3) is 11.1 Å². The summed E-state index contributed by atoms with van der Waals surface area (Å²) in [5.74, 6) is -2.28. The Morgan fingerprint density at radius 2 is 1.69 bits per heavy atom. The standard InChI is InChI=1S/C42H52F4N4O4/c1-24(2)14-37(50-21-28(35(19-38(50)51)42(44,45)46)12-13-49-23-31-9-7-10-32(49)22-48(31)5)41(54)47-36(20-39(52)53)29-17-27-8-6-11-33(27)34(18-29)40-25(3)15-30(43)16-26(40)4/h15-19,21,24,31-32,36-37H,6-14,20,22-23H2,1-5H3,(H,47,54)(H,52,53)/t31?,32?,36?,37-/m0/s1. The van der Waals surface area contributed by atoms with Crippen LogP contribution in [0.15, 0.2) is 41.3 Å². The summed E-state index contributed by atoms with van der Waals surface area (Å²) < 4.78 is 58.8. The van der Waals surface area contributed by atoms with Crippen LogP contribution >= 0.6 is 0 Å². The minimum absolute atomic E-state index is 0.0486. The number of carboxylic acids is 1. The summed E-state index contributed by atoms with van der Waals surface area (Å²) in [7, 11) is 2.09. The highest BCUT2D eigenvalue weighted by molar-refractivity contribution is 5.82. The number of nitrogens with one attached hydrogen (secondary N) is 1. The number of piperazine rings is 1. The van der Waals surface area contributed by atoms with Gasteiger partial charge in [0.2, 0.25) is 5.91 Å². The number of aromatic nitrogens is 1. The van der Waals surface area contributed by atoms with Gasteiger partial charge in [0.15, 0.2) is 0 Å². The van der Waals surface area contributed by atoms with E-state index < -0.39 is 47.7 Å². The third-order valence-corrected chi connectivity index (χ3v) is 11.7. The Kier molecular flexibility index (Phi) is 11.7. The third-order valence-electron chi connectivity index (χ3n) is 11.7. The average Bonchev–Trinajstić information content (AvgIpc) is 3.37. The molecule has 7 rings (SSSR count). The fourth-order valence-electron chi connectivity index (χ4n) is 9.15. The van der Waals surface area contributed by atoms with E-state index in [4.69, 9.17) is 0 Å². The van der Waals surface area contributed by atoms with E-state index in [2.05, 4.69) is 22.2 Å². The molecule has 292 valence electrons. The zero-order valence-corrected chi connectivity index (χ0v) is 31.9. The lowest BCUT2D eigenvalue weighted by molar-refractivity contribution is -0.139. The van der Waals surface area contributed by atoms with Gasteiger partial charge in [-0.25, -0.2) is 4.39 Å². The molecule has 2 aromatic carbocycles. The average molecular weight is 753 g/mol. The Bertz CT molecular complexity index is 1930. The number of halogens is 4. The molecule has 0 spiro atoms. The van der Waals surface area contributed by atoms with Gasteiger partial charge in [0.1, 0.15) is 11.9 Å². The van der Waals surface area contributed by atoms with Crippen LogP contribution in [-0.2, 0) is 35.0 Å². The molecule has 1 aromatic heterocycles. The van der Waals surface area contributed by atoms with Gasteiger partial charge < -0.3 is 19.9 Å². The molecule has 3 aromatic rings. The molecular weight excluding hydrogens is 700 g/mol. The highest BCUT2D eigenvalue weighted by atomic mass is 19.4. The molecule has 0 radical (unpaired) electrons. The first kappa shape index (κ1) is 39.7. The summed E-state index contributed by atoms with van der Waals surface area (Å²) in [5.41, 5.74) is 3.91. The lowest BCUT2D eigenvalue weighted by Crippen LogP contribution is -2.55. The number of alkyl halides is 3. The van der Waals surface area contributed by atoms with E-state index in [-0.39, 0.29) is 36.2 Å². The Labute approximate surface area is 314 Å². The van der Waals surface area contributed by atoms with Crippen molar-refractivity contribution >= 4 is 11.9 Å². The first-order valence-electron chi connectivity index (χ1n) is 19.2. The second kappa shape index (κ2) is 16.0. The molecule has 3 fully saturated rings. The van der Waals surface area contributed by atoms with Gasteiger partial charge in [-0.2, -0.15) is 13.2 Å². The molecule has 4 heterocycles. The van der Waals surface area contributed by atoms with Gasteiger partial charge in [0, 0.05) is 44.0 Å². The summed E-state index contributed by atoms with van der Waals surface area (Å²) in [5, 5.41) is 12.9. The molecule has 8 nitrogen and oxygen atoms in total. The van der Waals surface area contributed by atoms with Gasteiger partial charge in [-0.3, -0.25) is 19.3 Å². The van der Waals surface area contributed by atoms with Crippen molar-refractivity contribution in [1.82, 2.24) is 19.7 Å². The van der Waals surface area contributed by atoms with Gasteiger partial charge in [0.05, 0.1) is 18.0 Å². The number of hydrogen-bond acceptors (Lipinski definition) is 5. The number of nitrogens with zero attached hydrogens (tertiary/aromatic N) is 3. The normalized spacial score (nSPS) is 20.2. The number of likely N-dealkylation sites (N-methyl/N-ethyl adjacent to an activating group) is 1. The van der Waals surface area contributed by atoms with Crippen LogP contribution in [0.5, 0.6) is 0 Å². The quantitative estimate of drug-likeness (QED) is 0.187. The Morgan fingerprint density at radius 3 is 2.35 bits per heavy atom. The number of benzene rings is 2. The fraction of sp³-hybridized carbons (Fsp3) is 0.548. The van der Waals surface area contributed by atoms with E-state index in [0.29, 0.717) is 24.2 Å². The molecule has 0 saturated carbocycles. The molecule has 54 heavy (non-hydrogen) atoms. The molecule has 3 unspecified atom stereocenters. The second-order valence-electron chi connectivity index (χ2n) is 16.2. The minimum atomic E-state index is -4.76. The van der Waals surface area contributed by atoms with Crippen molar-refractivity contribution in [2.24, 2.45) is 5.92 Å². The number of hydrogen-bond donors (Lipinski definition) is 2. The van der Waals surface area contributed by atoms with Gasteiger partial charge >= 0.3 is 12.1 Å². The smallest absolute Gasteiger partial charge is 0.416 e. The summed E-state index contributed by atoms with van der Waals surface area (Å²) in [6.07, 6.45) is 1.75. The van der Waals surface area contributed by atoms with Crippen LogP contribution in [0.2, 0.25) is 0 Å². The number of carbonyl (C=O) groups excluding carboxylic acids is 1. The molecule has 3 saturated heterocycles. The van der Waals surface area contributed by atoms with Crippen molar-refractivity contribution in [2.45, 2.75) is 116 Å². The molecule has 1 aliphatic carbocycles. The van der Waals surface area contributed by atoms with Crippen LogP contribution in [0, 0.1) is 25.6 Å². The minimum Gasteiger partial charge on any atom is -0.481 e. The molecular formula is C42H52F4N4O4. The van der Waals surface area contributed by atoms with E-state index in [1.807, 2.05) is 39.8 Å². The van der Waals surface area contributed by atoms with E-state index >= 15 is 0 Å². The number of rotatable bonds is 12. The van der Waals surface area contributed by atoms with E-state index in [9.17, 15) is 37.1 Å². The molecule has 1 amide bonds. The molecule has 3 aliphatic heterocycles. The number of pyridine rings is 1. The zero-order valence-electron chi connectivity index (χ0n) is 31.9. The van der Waals surface area contributed by atoms with Crippen LogP contribution in [-0.4, -0.2) is 70.1 Å². The molecule has 4 atom stereocenters. The molecule has 12 heteroatoms. The van der Waals surface area contributed by atoms with Gasteiger partial charge in [-0.1, -0.05) is 26.3 Å². The Hall–Kier alpha value is -4.03. The SMILES string of the molecule is Cc1cc(F)cc(C)c1-c1cc(C(CC(=O)O)NC(=O)[C@H](CC(C)C)n2cc(CCN3CC4CCCC3CN4C)c(C(F)(F)F)cc2=O)cc2c1CCC2. The lowest BCUT2D eigenvalue weighted by Gasteiger charge is -2.42. The molecule has 2 N–H and O–H groups in total. The van der Waals surface area contributed by atoms with Crippen LogP contribution in [0.3, 0.4) is 0 Å². The van der Waals surface area contributed by atoms with Crippen LogP contribution < -0.4 is 10.9 Å². The first-order valence-corrected chi connectivity index (χ1v) is 19.2. The van der Waals surface area contributed by atoms with Crippen molar-refractivity contribution in [3.63, 3.8) is 0 Å². The summed E-state index contributed by atoms with van der Waals surface area (Å²) >= 11 is 0. The third kappa shape index (κ3) is 8.59. The Morgan fingerprint density at radius 1 is 0.981 bits per heavy atom. The highest BCUT2D eigenvalue weighted by Gasteiger charge is 2.38. The maximum atomic E-state index is 14.4. The van der Waals surface area contributed by atoms with E-state index in [0.717, 1.165) is 89.6 Å². The fourth-order valence-corrected chi connectivity index (χ4v) is 9.15. The zero-order chi connectivity index (χ0) is 39.1. The predicted octanol–water partition coefficient (Wildman–Crippen LogP) is 7.41. The van der Waals surface area contributed by atoms with Gasteiger partial charge in [-0.05, 0) is 134 Å². The molecule has 2 bridgehead atoms. The monoisotopic (exact) mass is 752 g/mol. The summed E-state index contributed by atoms with van der Waals surface area (Å²) in [6.45, 7) is 9.41. The number of aliphatic carboxylic acids is 1.